The Balaban J connectivity index is 1.09. The van der Waals surface area contributed by atoms with E-state index in [-0.39, 0.29) is 17.4 Å². The topological polar surface area (TPSA) is 66.8 Å². The van der Waals surface area contributed by atoms with Crippen LogP contribution in [0.3, 0.4) is 0 Å². The van der Waals surface area contributed by atoms with Crippen LogP contribution in [0.15, 0.2) is 18.2 Å². The van der Waals surface area contributed by atoms with Gasteiger partial charge in [0.2, 0.25) is 0 Å². The van der Waals surface area contributed by atoms with Gasteiger partial charge in [0.15, 0.2) is 11.6 Å². The molecule has 6 heteroatoms. The molecule has 0 spiro atoms. The molecule has 4 fully saturated rings. The summed E-state index contributed by atoms with van der Waals surface area (Å²) in [7, 11) is -3.82. The molecule has 0 aliphatic heterocycles. The van der Waals surface area contributed by atoms with E-state index in [0.717, 1.165) is 62.7 Å². The van der Waals surface area contributed by atoms with Crippen LogP contribution in [-0.2, 0) is 9.98 Å². The van der Waals surface area contributed by atoms with Crippen LogP contribution >= 0.6 is 7.60 Å². The van der Waals surface area contributed by atoms with Gasteiger partial charge in [-0.05, 0) is 92.2 Å². The Morgan fingerprint density at radius 1 is 0.848 bits per heavy atom. The lowest BCUT2D eigenvalue weighted by Gasteiger charge is -2.57. The van der Waals surface area contributed by atoms with E-state index in [4.69, 9.17) is 14.5 Å². The smallest absolute Gasteiger partial charge is 0.325 e. The molecule has 4 nitrogen and oxygen atoms in total. The fraction of sp³-hybridized carbons (Fsp3) is 0.778. The third-order valence-electron chi connectivity index (χ3n) is 8.43. The van der Waals surface area contributed by atoms with E-state index in [1.807, 2.05) is 6.07 Å². The van der Waals surface area contributed by atoms with Crippen molar-refractivity contribution in [2.45, 2.75) is 102 Å². The number of benzene rings is 1. The Kier molecular flexibility index (Phi) is 8.57. The second-order valence-electron chi connectivity index (χ2n) is 11.3. The first-order valence-electron chi connectivity index (χ1n) is 13.3. The highest BCUT2D eigenvalue weighted by molar-refractivity contribution is 7.51. The van der Waals surface area contributed by atoms with Gasteiger partial charge in [-0.2, -0.15) is 0 Å². The Labute approximate surface area is 198 Å². The summed E-state index contributed by atoms with van der Waals surface area (Å²) >= 11 is 0. The summed E-state index contributed by atoms with van der Waals surface area (Å²) < 4.78 is 31.4. The first kappa shape index (κ1) is 25.2. The van der Waals surface area contributed by atoms with Gasteiger partial charge in [0, 0.05) is 6.16 Å². The van der Waals surface area contributed by atoms with E-state index < -0.39 is 7.60 Å². The molecule has 0 saturated heterocycles. The highest BCUT2D eigenvalue weighted by atomic mass is 31.2. The summed E-state index contributed by atoms with van der Waals surface area (Å²) in [5, 5.41) is 0. The first-order chi connectivity index (χ1) is 15.8. The fourth-order valence-corrected chi connectivity index (χ4v) is 7.89. The summed E-state index contributed by atoms with van der Waals surface area (Å²) in [6.45, 7) is 0.565. The van der Waals surface area contributed by atoms with Crippen LogP contribution in [0.1, 0.15) is 102 Å². The maximum atomic E-state index is 14.8. The summed E-state index contributed by atoms with van der Waals surface area (Å²) in [4.78, 5) is 17.7. The molecule has 1 aromatic rings. The van der Waals surface area contributed by atoms with Crippen LogP contribution in [0.25, 0.3) is 0 Å². The molecule has 4 aliphatic rings. The molecule has 0 amide bonds. The molecule has 4 saturated carbocycles. The van der Waals surface area contributed by atoms with Crippen molar-refractivity contribution in [1.82, 2.24) is 0 Å². The minimum absolute atomic E-state index is 0.0125. The fourth-order valence-electron chi connectivity index (χ4n) is 7.25. The van der Waals surface area contributed by atoms with E-state index in [1.54, 1.807) is 6.07 Å². The van der Waals surface area contributed by atoms with Gasteiger partial charge in [-0.25, -0.2) is 4.39 Å². The van der Waals surface area contributed by atoms with Gasteiger partial charge in [0.1, 0.15) is 0 Å². The Hall–Kier alpha value is -0.900. The van der Waals surface area contributed by atoms with Gasteiger partial charge in [-0.15, -0.1) is 0 Å². The maximum absolute atomic E-state index is 14.8. The van der Waals surface area contributed by atoms with E-state index in [0.29, 0.717) is 18.8 Å². The molecule has 33 heavy (non-hydrogen) atoms. The number of ether oxygens (including phenoxy) is 1. The predicted octanol–water partition coefficient (Wildman–Crippen LogP) is 7.36. The Morgan fingerprint density at radius 2 is 1.36 bits per heavy atom. The number of unbranched alkanes of at least 4 members (excludes halogenated alkanes) is 8. The molecule has 5 rings (SSSR count). The number of rotatable bonds is 14. The van der Waals surface area contributed by atoms with Crippen LogP contribution < -0.4 is 4.74 Å². The lowest BCUT2D eigenvalue weighted by Crippen LogP contribution is -2.48. The molecule has 0 heterocycles. The van der Waals surface area contributed by atoms with Crippen molar-refractivity contribution in [3.05, 3.63) is 29.6 Å². The van der Waals surface area contributed by atoms with Crippen molar-refractivity contribution in [1.29, 1.82) is 0 Å². The number of hydrogen-bond acceptors (Lipinski definition) is 2. The molecule has 1 aromatic carbocycles. The Morgan fingerprint density at radius 3 is 1.88 bits per heavy atom. The van der Waals surface area contributed by atoms with Crippen molar-refractivity contribution in [2.24, 2.45) is 17.8 Å². The molecule has 0 atom stereocenters. The monoisotopic (exact) mass is 480 g/mol. The Bertz CT molecular complexity index is 785. The van der Waals surface area contributed by atoms with Gasteiger partial charge in [0.05, 0.1) is 6.61 Å². The van der Waals surface area contributed by atoms with Gasteiger partial charge in [0.25, 0.3) is 0 Å². The third kappa shape index (κ3) is 7.05. The first-order valence-corrected chi connectivity index (χ1v) is 15.1. The quantitative estimate of drug-likeness (QED) is 0.216. The molecular formula is C27H42FO4P. The largest absolute Gasteiger partial charge is 0.491 e. The average molecular weight is 481 g/mol. The van der Waals surface area contributed by atoms with Gasteiger partial charge in [-0.3, -0.25) is 4.57 Å². The molecule has 4 aliphatic carbocycles. The maximum Gasteiger partial charge on any atom is 0.325 e. The zero-order valence-electron chi connectivity index (χ0n) is 20.0. The van der Waals surface area contributed by atoms with Crippen molar-refractivity contribution in [3.8, 4) is 5.75 Å². The van der Waals surface area contributed by atoms with Crippen molar-refractivity contribution in [3.63, 3.8) is 0 Å². The summed E-state index contributed by atoms with van der Waals surface area (Å²) in [6.07, 6.45) is 17.2. The second-order valence-corrected chi connectivity index (χ2v) is 13.0. The zero-order chi connectivity index (χ0) is 23.3. The van der Waals surface area contributed by atoms with Crippen LogP contribution in [0.5, 0.6) is 5.75 Å². The normalized spacial score (nSPS) is 28.4. The minimum atomic E-state index is -3.82. The summed E-state index contributed by atoms with van der Waals surface area (Å²) in [6, 6.07) is 5.80. The number of halogens is 1. The molecule has 0 aromatic heterocycles. The summed E-state index contributed by atoms with van der Waals surface area (Å²) in [5.74, 6) is 2.80. The SMILES string of the molecule is O=P(O)(O)CCCCCCCCCCCOc1ccc([C@]23CC4C[C@H](C[C@@H](C4)C2)C3)cc1F. The van der Waals surface area contributed by atoms with Crippen LogP contribution in [0, 0.1) is 23.6 Å². The standard InChI is InChI=1S/C27H42FO4P/c28-25-17-24(27-18-21-14-22(19-27)16-23(15-21)20-27)10-11-26(25)32-12-8-6-4-2-1-3-5-7-9-13-33(29,30)31/h10-11,17,21-23H,1-9,12-16,18-20H2,(H2,29,30,31)/t21-,22-,23?,27-/m0/s1. The lowest BCUT2D eigenvalue weighted by atomic mass is 9.48. The van der Waals surface area contributed by atoms with Gasteiger partial charge >= 0.3 is 7.60 Å². The van der Waals surface area contributed by atoms with E-state index in [2.05, 4.69) is 6.07 Å². The van der Waals surface area contributed by atoms with E-state index in [9.17, 15) is 8.96 Å². The van der Waals surface area contributed by atoms with Crippen molar-refractivity contribution < 1.29 is 23.5 Å². The highest BCUT2D eigenvalue weighted by Gasteiger charge is 2.51. The van der Waals surface area contributed by atoms with E-state index >= 15 is 0 Å². The zero-order valence-corrected chi connectivity index (χ0v) is 20.9. The molecule has 0 radical (unpaired) electrons. The molecular weight excluding hydrogens is 438 g/mol. The van der Waals surface area contributed by atoms with Crippen molar-refractivity contribution in [2.75, 3.05) is 12.8 Å². The van der Waals surface area contributed by atoms with Gasteiger partial charge in [-0.1, -0.05) is 51.0 Å². The summed E-state index contributed by atoms with van der Waals surface area (Å²) in [5.41, 5.74) is 1.45. The molecule has 186 valence electrons. The molecule has 4 bridgehead atoms. The molecule has 0 unspecified atom stereocenters. The van der Waals surface area contributed by atoms with Crippen LogP contribution in [0.2, 0.25) is 0 Å². The number of hydrogen-bond donors (Lipinski definition) is 2. The van der Waals surface area contributed by atoms with Crippen molar-refractivity contribution >= 4 is 7.60 Å². The average Bonchev–Trinajstić information content (AvgIpc) is 2.73. The lowest BCUT2D eigenvalue weighted by molar-refractivity contribution is -0.00534. The minimum Gasteiger partial charge on any atom is -0.491 e. The predicted molar refractivity (Wildman–Crippen MR) is 130 cm³/mol. The van der Waals surface area contributed by atoms with Gasteiger partial charge < -0.3 is 14.5 Å². The highest BCUT2D eigenvalue weighted by Crippen LogP contribution is 2.60. The van der Waals surface area contributed by atoms with E-state index in [1.165, 1.54) is 50.5 Å². The second kappa shape index (κ2) is 11.2. The third-order valence-corrected chi connectivity index (χ3v) is 9.33. The van der Waals surface area contributed by atoms with Crippen LogP contribution in [0.4, 0.5) is 4.39 Å². The van der Waals surface area contributed by atoms with Crippen LogP contribution in [-0.4, -0.2) is 22.6 Å². The molecule has 2 N–H and O–H groups in total.